The maximum atomic E-state index is 13.5. The number of hydrogen-bond acceptors (Lipinski definition) is 3. The van der Waals surface area contributed by atoms with E-state index in [0.29, 0.717) is 12.5 Å². The predicted octanol–water partition coefficient (Wildman–Crippen LogP) is 4.19. The van der Waals surface area contributed by atoms with Crippen LogP contribution in [0.3, 0.4) is 0 Å². The van der Waals surface area contributed by atoms with Gasteiger partial charge in [-0.2, -0.15) is 0 Å². The number of nitrogens with one attached hydrogen (secondary N) is 1. The molecular formula is C13H16FIN2O2. The molecule has 0 aliphatic heterocycles. The number of nitrogens with zero attached hydrogens (tertiary/aromatic N) is 1. The van der Waals surface area contributed by atoms with Gasteiger partial charge in [-0.1, -0.05) is 13.8 Å². The summed E-state index contributed by atoms with van der Waals surface area (Å²) >= 11 is 1.76. The van der Waals surface area contributed by atoms with E-state index >= 15 is 0 Å². The van der Waals surface area contributed by atoms with E-state index in [9.17, 15) is 14.5 Å². The summed E-state index contributed by atoms with van der Waals surface area (Å²) in [5.74, 6) is 0.0934. The van der Waals surface area contributed by atoms with E-state index in [2.05, 4.69) is 19.2 Å². The first kappa shape index (κ1) is 14.5. The Morgan fingerprint density at radius 2 is 2.16 bits per heavy atom. The third-order valence-electron chi connectivity index (χ3n) is 3.98. The Morgan fingerprint density at radius 1 is 1.53 bits per heavy atom. The zero-order valence-corrected chi connectivity index (χ0v) is 13.0. The van der Waals surface area contributed by atoms with Crippen molar-refractivity contribution in [1.82, 2.24) is 0 Å². The molecule has 6 heteroatoms. The van der Waals surface area contributed by atoms with Gasteiger partial charge in [0.2, 0.25) is 0 Å². The monoisotopic (exact) mass is 378 g/mol. The SMILES string of the molecule is CC(C)C1(CNc2cc(F)c(I)cc2[N+](=O)[O-])CC1. The maximum absolute atomic E-state index is 13.5. The third-order valence-corrected chi connectivity index (χ3v) is 4.81. The van der Waals surface area contributed by atoms with Gasteiger partial charge >= 0.3 is 0 Å². The average Bonchev–Trinajstić information content (AvgIpc) is 3.11. The van der Waals surface area contributed by atoms with Gasteiger partial charge in [-0.3, -0.25) is 10.1 Å². The van der Waals surface area contributed by atoms with Gasteiger partial charge in [0, 0.05) is 18.7 Å². The number of rotatable bonds is 5. The fourth-order valence-electron chi connectivity index (χ4n) is 2.22. The van der Waals surface area contributed by atoms with E-state index in [0.717, 1.165) is 12.8 Å². The van der Waals surface area contributed by atoms with Crippen LogP contribution in [0, 0.1) is 30.8 Å². The van der Waals surface area contributed by atoms with Crippen molar-refractivity contribution in [2.75, 3.05) is 11.9 Å². The van der Waals surface area contributed by atoms with Crippen molar-refractivity contribution in [3.63, 3.8) is 0 Å². The summed E-state index contributed by atoms with van der Waals surface area (Å²) in [5, 5.41) is 14.1. The van der Waals surface area contributed by atoms with Crippen LogP contribution in [0.2, 0.25) is 0 Å². The predicted molar refractivity (Wildman–Crippen MR) is 80.8 cm³/mol. The van der Waals surface area contributed by atoms with Gasteiger partial charge in [0.25, 0.3) is 5.69 Å². The minimum Gasteiger partial charge on any atom is -0.379 e. The molecular weight excluding hydrogens is 362 g/mol. The normalized spacial score (nSPS) is 16.5. The summed E-state index contributed by atoms with van der Waals surface area (Å²) in [6.07, 6.45) is 2.25. The van der Waals surface area contributed by atoms with E-state index in [1.165, 1.54) is 12.1 Å². The van der Waals surface area contributed by atoms with Crippen LogP contribution in [0.5, 0.6) is 0 Å². The Hall–Kier alpha value is -0.920. The molecule has 0 radical (unpaired) electrons. The van der Waals surface area contributed by atoms with Crippen molar-refractivity contribution in [2.24, 2.45) is 11.3 Å². The van der Waals surface area contributed by atoms with E-state index in [-0.39, 0.29) is 20.4 Å². The number of nitro groups is 1. The standard InChI is InChI=1S/C13H16FIN2O2/c1-8(2)13(3-4-13)7-16-11-5-9(14)10(15)6-12(11)17(18)19/h5-6,8,16H,3-4,7H2,1-2H3. The van der Waals surface area contributed by atoms with E-state index in [4.69, 9.17) is 0 Å². The zero-order chi connectivity index (χ0) is 14.2. The van der Waals surface area contributed by atoms with Gasteiger partial charge in [0.05, 0.1) is 8.49 Å². The molecule has 1 saturated carbocycles. The van der Waals surface area contributed by atoms with Crippen molar-refractivity contribution < 1.29 is 9.31 Å². The molecule has 0 heterocycles. The first-order valence-electron chi connectivity index (χ1n) is 6.23. The van der Waals surface area contributed by atoms with Crippen LogP contribution in [-0.2, 0) is 0 Å². The summed E-state index contributed by atoms with van der Waals surface area (Å²) in [4.78, 5) is 10.5. The summed E-state index contributed by atoms with van der Waals surface area (Å²) in [7, 11) is 0. The fraction of sp³-hybridized carbons (Fsp3) is 0.538. The molecule has 1 N–H and O–H groups in total. The summed E-state index contributed by atoms with van der Waals surface area (Å²) < 4.78 is 13.8. The van der Waals surface area contributed by atoms with Crippen LogP contribution in [0.1, 0.15) is 26.7 Å². The van der Waals surface area contributed by atoms with Crippen LogP contribution in [0.4, 0.5) is 15.8 Å². The molecule has 1 fully saturated rings. The highest BCUT2D eigenvalue weighted by atomic mass is 127. The molecule has 1 aromatic carbocycles. The van der Waals surface area contributed by atoms with Gasteiger partial charge < -0.3 is 5.32 Å². The van der Waals surface area contributed by atoms with Crippen molar-refractivity contribution >= 4 is 34.0 Å². The minimum atomic E-state index is -0.473. The fourth-order valence-corrected chi connectivity index (χ4v) is 2.67. The zero-order valence-electron chi connectivity index (χ0n) is 10.9. The van der Waals surface area contributed by atoms with Crippen LogP contribution >= 0.6 is 22.6 Å². The van der Waals surface area contributed by atoms with Crippen LogP contribution in [0.25, 0.3) is 0 Å². The highest BCUT2D eigenvalue weighted by molar-refractivity contribution is 14.1. The van der Waals surface area contributed by atoms with E-state index in [1.807, 2.05) is 0 Å². The van der Waals surface area contributed by atoms with Crippen molar-refractivity contribution in [3.05, 3.63) is 31.6 Å². The molecule has 1 aromatic rings. The van der Waals surface area contributed by atoms with Crippen LogP contribution in [-0.4, -0.2) is 11.5 Å². The lowest BCUT2D eigenvalue weighted by Gasteiger charge is -2.20. The number of anilines is 1. The second-order valence-electron chi connectivity index (χ2n) is 5.41. The molecule has 0 unspecified atom stereocenters. The van der Waals surface area contributed by atoms with E-state index in [1.54, 1.807) is 22.6 Å². The Bertz CT molecular complexity index is 516. The highest BCUT2D eigenvalue weighted by Gasteiger charge is 2.45. The topological polar surface area (TPSA) is 55.2 Å². The Kier molecular flexibility index (Phi) is 3.98. The van der Waals surface area contributed by atoms with Gasteiger partial charge in [-0.25, -0.2) is 4.39 Å². The molecule has 19 heavy (non-hydrogen) atoms. The first-order valence-corrected chi connectivity index (χ1v) is 7.31. The Balaban J connectivity index is 2.20. The molecule has 0 atom stereocenters. The molecule has 0 aromatic heterocycles. The maximum Gasteiger partial charge on any atom is 0.293 e. The van der Waals surface area contributed by atoms with Gasteiger partial charge in [-0.05, 0) is 46.8 Å². The molecule has 0 saturated heterocycles. The molecule has 104 valence electrons. The average molecular weight is 378 g/mol. The molecule has 0 spiro atoms. The number of halogens is 2. The molecule has 2 rings (SSSR count). The second kappa shape index (κ2) is 5.22. The van der Waals surface area contributed by atoms with Crippen LogP contribution < -0.4 is 5.32 Å². The highest BCUT2D eigenvalue weighted by Crippen LogP contribution is 2.52. The van der Waals surface area contributed by atoms with Crippen molar-refractivity contribution in [2.45, 2.75) is 26.7 Å². The van der Waals surface area contributed by atoms with Crippen LogP contribution in [0.15, 0.2) is 12.1 Å². The third kappa shape index (κ3) is 2.98. The molecule has 0 amide bonds. The Morgan fingerprint density at radius 3 is 2.63 bits per heavy atom. The lowest BCUT2D eigenvalue weighted by atomic mass is 9.92. The Labute approximate surface area is 125 Å². The lowest BCUT2D eigenvalue weighted by molar-refractivity contribution is -0.384. The van der Waals surface area contributed by atoms with Gasteiger partial charge in [0.1, 0.15) is 11.5 Å². The minimum absolute atomic E-state index is 0.0645. The lowest BCUT2D eigenvalue weighted by Crippen LogP contribution is -2.21. The van der Waals surface area contributed by atoms with Gasteiger partial charge in [0.15, 0.2) is 0 Å². The number of benzene rings is 1. The summed E-state index contributed by atoms with van der Waals surface area (Å²) in [6.45, 7) is 4.96. The summed E-state index contributed by atoms with van der Waals surface area (Å²) in [5.41, 5.74) is 0.424. The molecule has 1 aliphatic carbocycles. The van der Waals surface area contributed by atoms with Crippen molar-refractivity contribution in [1.29, 1.82) is 0 Å². The number of nitro benzene ring substituents is 1. The van der Waals surface area contributed by atoms with Crippen molar-refractivity contribution in [3.8, 4) is 0 Å². The van der Waals surface area contributed by atoms with Gasteiger partial charge in [-0.15, -0.1) is 0 Å². The first-order chi connectivity index (χ1) is 8.85. The largest absolute Gasteiger partial charge is 0.379 e. The van der Waals surface area contributed by atoms with E-state index < -0.39 is 10.7 Å². The molecule has 1 aliphatic rings. The summed E-state index contributed by atoms with van der Waals surface area (Å²) in [6, 6.07) is 2.49. The second-order valence-corrected chi connectivity index (χ2v) is 6.57. The quantitative estimate of drug-likeness (QED) is 0.475. The smallest absolute Gasteiger partial charge is 0.293 e. The molecule has 4 nitrogen and oxygen atoms in total. The number of hydrogen-bond donors (Lipinski definition) is 1. The molecule has 0 bridgehead atoms.